The lowest BCUT2D eigenvalue weighted by atomic mass is 10.2. The number of piperazine rings is 1. The van der Waals surface area contributed by atoms with Crippen molar-refractivity contribution in [3.8, 4) is 0 Å². The van der Waals surface area contributed by atoms with Gasteiger partial charge in [-0.25, -0.2) is 0 Å². The van der Waals surface area contributed by atoms with Gasteiger partial charge < -0.3 is 15.1 Å². The average molecular weight is 486 g/mol. The van der Waals surface area contributed by atoms with E-state index in [-0.39, 0.29) is 24.0 Å². The van der Waals surface area contributed by atoms with Crippen LogP contribution in [-0.4, -0.2) is 80.6 Å². The lowest BCUT2D eigenvalue weighted by Gasteiger charge is -2.37. The minimum atomic E-state index is 0. The van der Waals surface area contributed by atoms with E-state index in [1.165, 1.54) is 4.88 Å². The fourth-order valence-electron chi connectivity index (χ4n) is 2.71. The van der Waals surface area contributed by atoms with Crippen molar-refractivity contribution < 1.29 is 0 Å². The summed E-state index contributed by atoms with van der Waals surface area (Å²) in [5.74, 6) is 0.957. The zero-order valence-corrected chi connectivity index (χ0v) is 18.9. The third kappa shape index (κ3) is 6.67. The van der Waals surface area contributed by atoms with E-state index in [4.69, 9.17) is 16.6 Å². The number of thiophene rings is 1. The summed E-state index contributed by atoms with van der Waals surface area (Å²) in [7, 11) is 6.45. The number of hydrogen-bond donors (Lipinski definition) is 1. The summed E-state index contributed by atoms with van der Waals surface area (Å²) >= 11 is 7.65. The molecule has 1 aliphatic rings. The predicted molar refractivity (Wildman–Crippen MR) is 116 cm³/mol. The van der Waals surface area contributed by atoms with Crippen molar-refractivity contribution >= 4 is 52.9 Å². The molecule has 0 aromatic carbocycles. The molecule has 138 valence electrons. The van der Waals surface area contributed by atoms with E-state index in [1.54, 1.807) is 11.3 Å². The van der Waals surface area contributed by atoms with Crippen LogP contribution in [0.2, 0.25) is 4.34 Å². The SMILES string of the molecule is CCNC(=NCC1CN(C)CCN1C)N(C)Cc1ccc(Cl)s1.I. The number of guanidine groups is 1. The molecule has 24 heavy (non-hydrogen) atoms. The Morgan fingerprint density at radius 2 is 2.17 bits per heavy atom. The smallest absolute Gasteiger partial charge is 0.194 e. The van der Waals surface area contributed by atoms with Gasteiger partial charge in [-0.1, -0.05) is 11.6 Å². The first-order chi connectivity index (χ1) is 11.0. The molecule has 0 saturated carbocycles. The largest absolute Gasteiger partial charge is 0.357 e. The van der Waals surface area contributed by atoms with Gasteiger partial charge in [0.2, 0.25) is 0 Å². The minimum absolute atomic E-state index is 0. The third-order valence-corrected chi connectivity index (χ3v) is 5.37. The van der Waals surface area contributed by atoms with Crippen molar-refractivity contribution in [1.82, 2.24) is 20.0 Å². The van der Waals surface area contributed by atoms with Crippen LogP contribution in [0.25, 0.3) is 0 Å². The molecule has 0 spiro atoms. The second-order valence-electron chi connectivity index (χ2n) is 6.15. The van der Waals surface area contributed by atoms with Crippen molar-refractivity contribution in [2.24, 2.45) is 4.99 Å². The summed E-state index contributed by atoms with van der Waals surface area (Å²) in [5, 5.41) is 3.39. The summed E-state index contributed by atoms with van der Waals surface area (Å²) in [6.07, 6.45) is 0. The minimum Gasteiger partial charge on any atom is -0.357 e. The first-order valence-electron chi connectivity index (χ1n) is 8.12. The lowest BCUT2D eigenvalue weighted by molar-refractivity contribution is 0.119. The van der Waals surface area contributed by atoms with Crippen molar-refractivity contribution in [2.45, 2.75) is 19.5 Å². The van der Waals surface area contributed by atoms with Crippen LogP contribution in [0.15, 0.2) is 17.1 Å². The molecule has 0 aliphatic carbocycles. The summed E-state index contributed by atoms with van der Waals surface area (Å²) in [4.78, 5) is 13.1. The van der Waals surface area contributed by atoms with Gasteiger partial charge in [0.25, 0.3) is 0 Å². The third-order valence-electron chi connectivity index (χ3n) is 4.15. The van der Waals surface area contributed by atoms with Gasteiger partial charge in [-0.3, -0.25) is 9.89 Å². The van der Waals surface area contributed by atoms with Gasteiger partial charge in [0.15, 0.2) is 5.96 Å². The number of nitrogens with zero attached hydrogens (tertiary/aromatic N) is 4. The number of rotatable bonds is 5. The predicted octanol–water partition coefficient (Wildman–Crippen LogP) is 2.66. The molecule has 2 rings (SSSR count). The molecule has 1 atom stereocenters. The first-order valence-corrected chi connectivity index (χ1v) is 9.31. The quantitative estimate of drug-likeness (QED) is 0.395. The molecule has 1 unspecified atom stereocenters. The fraction of sp³-hybridized carbons (Fsp3) is 0.688. The standard InChI is InChI=1S/C16H28ClN5S.HI/c1-5-18-16(22(4)12-14-6-7-15(17)23-14)19-10-13-11-20(2)8-9-21(13)3;/h6-7,13H,5,8-12H2,1-4H3,(H,18,19);1H. The molecule has 1 N–H and O–H groups in total. The summed E-state index contributed by atoms with van der Waals surface area (Å²) < 4.78 is 0.835. The molecule has 1 aromatic rings. The van der Waals surface area contributed by atoms with Crippen LogP contribution in [0.5, 0.6) is 0 Å². The molecule has 8 heteroatoms. The van der Waals surface area contributed by atoms with Gasteiger partial charge in [-0.2, -0.15) is 0 Å². The highest BCUT2D eigenvalue weighted by Gasteiger charge is 2.22. The lowest BCUT2D eigenvalue weighted by Crippen LogP contribution is -2.51. The van der Waals surface area contributed by atoms with E-state index >= 15 is 0 Å². The fourth-order valence-corrected chi connectivity index (χ4v) is 3.85. The Labute approximate surface area is 172 Å². The van der Waals surface area contributed by atoms with Crippen molar-refractivity contribution in [2.75, 3.05) is 53.9 Å². The Morgan fingerprint density at radius 3 is 2.79 bits per heavy atom. The van der Waals surface area contributed by atoms with Crippen LogP contribution in [0.3, 0.4) is 0 Å². The Hall–Kier alpha value is -0.0900. The molecular formula is C16H29ClIN5S. The molecule has 0 radical (unpaired) electrons. The van der Waals surface area contributed by atoms with Crippen LogP contribution in [0, 0.1) is 0 Å². The molecule has 0 bridgehead atoms. The summed E-state index contributed by atoms with van der Waals surface area (Å²) in [6, 6.07) is 4.51. The highest BCUT2D eigenvalue weighted by molar-refractivity contribution is 14.0. The van der Waals surface area contributed by atoms with E-state index in [2.05, 4.69) is 54.1 Å². The highest BCUT2D eigenvalue weighted by Crippen LogP contribution is 2.22. The maximum absolute atomic E-state index is 6.02. The normalized spacial score (nSPS) is 19.9. The molecule has 5 nitrogen and oxygen atoms in total. The van der Waals surface area contributed by atoms with Gasteiger partial charge in [-0.15, -0.1) is 35.3 Å². The summed E-state index contributed by atoms with van der Waals surface area (Å²) in [6.45, 7) is 7.93. The van der Waals surface area contributed by atoms with Gasteiger partial charge in [0, 0.05) is 44.1 Å². The highest BCUT2D eigenvalue weighted by atomic mass is 127. The Bertz CT molecular complexity index is 524. The second-order valence-corrected chi connectivity index (χ2v) is 7.95. The molecule has 2 heterocycles. The Morgan fingerprint density at radius 1 is 1.42 bits per heavy atom. The van der Waals surface area contributed by atoms with Crippen LogP contribution in [-0.2, 0) is 6.54 Å². The van der Waals surface area contributed by atoms with Gasteiger partial charge in [0.1, 0.15) is 0 Å². The molecule has 1 fully saturated rings. The number of aliphatic imine (C=N–C) groups is 1. The molecule has 1 saturated heterocycles. The number of hydrogen-bond acceptors (Lipinski definition) is 4. The van der Waals surface area contributed by atoms with Crippen LogP contribution in [0.1, 0.15) is 11.8 Å². The van der Waals surface area contributed by atoms with E-state index in [0.717, 1.165) is 49.6 Å². The topological polar surface area (TPSA) is 34.1 Å². The Kier molecular flexibility index (Phi) is 9.88. The van der Waals surface area contributed by atoms with Crippen molar-refractivity contribution in [1.29, 1.82) is 0 Å². The van der Waals surface area contributed by atoms with Crippen molar-refractivity contribution in [3.63, 3.8) is 0 Å². The first kappa shape index (κ1) is 22.0. The van der Waals surface area contributed by atoms with E-state index < -0.39 is 0 Å². The maximum atomic E-state index is 6.02. The van der Waals surface area contributed by atoms with Gasteiger partial charge >= 0.3 is 0 Å². The van der Waals surface area contributed by atoms with Crippen LogP contribution >= 0.6 is 46.9 Å². The number of nitrogens with one attached hydrogen (secondary N) is 1. The zero-order valence-electron chi connectivity index (χ0n) is 15.0. The second kappa shape index (κ2) is 10.8. The number of likely N-dealkylation sites (N-methyl/N-ethyl adjacent to an activating group) is 2. The molecular weight excluding hydrogens is 457 g/mol. The Balaban J connectivity index is 0.00000288. The van der Waals surface area contributed by atoms with E-state index in [0.29, 0.717) is 6.04 Å². The van der Waals surface area contributed by atoms with E-state index in [1.807, 2.05) is 6.07 Å². The zero-order chi connectivity index (χ0) is 16.8. The van der Waals surface area contributed by atoms with Crippen LogP contribution in [0.4, 0.5) is 0 Å². The van der Waals surface area contributed by atoms with Gasteiger partial charge in [0.05, 0.1) is 17.4 Å². The van der Waals surface area contributed by atoms with E-state index in [9.17, 15) is 0 Å². The van der Waals surface area contributed by atoms with Crippen molar-refractivity contribution in [3.05, 3.63) is 21.3 Å². The molecule has 0 amide bonds. The average Bonchev–Trinajstić information content (AvgIpc) is 2.91. The maximum Gasteiger partial charge on any atom is 0.194 e. The molecule has 1 aromatic heterocycles. The monoisotopic (exact) mass is 485 g/mol. The van der Waals surface area contributed by atoms with Gasteiger partial charge in [-0.05, 0) is 33.2 Å². The molecule has 1 aliphatic heterocycles. The summed E-state index contributed by atoms with van der Waals surface area (Å²) in [5.41, 5.74) is 0. The number of halogens is 2. The van der Waals surface area contributed by atoms with Crippen LogP contribution < -0.4 is 5.32 Å².